The molecule has 3 aromatic rings. The van der Waals surface area contributed by atoms with Gasteiger partial charge in [-0.1, -0.05) is 38.4 Å². The van der Waals surface area contributed by atoms with Gasteiger partial charge >= 0.3 is 0 Å². The van der Waals surface area contributed by atoms with Crippen molar-refractivity contribution in [1.82, 2.24) is 15.6 Å². The summed E-state index contributed by atoms with van der Waals surface area (Å²) in [6, 6.07) is 8.25. The lowest BCUT2D eigenvalue weighted by Gasteiger charge is -2.29. The highest BCUT2D eigenvalue weighted by Crippen LogP contribution is 2.37. The molecule has 2 aromatic heterocycles. The molecule has 0 saturated carbocycles. The van der Waals surface area contributed by atoms with Gasteiger partial charge in [-0.15, -0.1) is 11.3 Å². The van der Waals surface area contributed by atoms with E-state index in [1.165, 1.54) is 11.3 Å². The predicted molar refractivity (Wildman–Crippen MR) is 142 cm³/mol. The molecule has 0 bridgehead atoms. The molecule has 10 heteroatoms. The summed E-state index contributed by atoms with van der Waals surface area (Å²) in [5, 5.41) is 9.02. The molecule has 1 aliphatic rings. The summed E-state index contributed by atoms with van der Waals surface area (Å²) in [5.74, 6) is -0.870. The van der Waals surface area contributed by atoms with Gasteiger partial charge in [0, 0.05) is 20.1 Å². The third-order valence-electron chi connectivity index (χ3n) is 6.08. The number of H-pyrrole nitrogens is 1. The molecule has 1 atom stereocenters. The van der Waals surface area contributed by atoms with Crippen molar-refractivity contribution in [1.29, 1.82) is 0 Å². The fraction of sp³-hybridized carbons (Fsp3) is 0.400. The van der Waals surface area contributed by atoms with Crippen LogP contribution in [-0.4, -0.2) is 48.9 Å². The first kappa shape index (κ1) is 25.1. The number of fused-ring (bicyclic) bond motifs is 1. The Labute approximate surface area is 213 Å². The van der Waals surface area contributed by atoms with Crippen molar-refractivity contribution in [2.75, 3.05) is 30.4 Å². The molecule has 3 amide bonds. The minimum absolute atomic E-state index is 0.235. The number of halogens is 1. The summed E-state index contributed by atoms with van der Waals surface area (Å²) in [6.45, 7) is 7.49. The zero-order valence-corrected chi connectivity index (χ0v) is 21.8. The number of hydrogen-bond donors (Lipinski definition) is 4. The third kappa shape index (κ3) is 5.31. The molecule has 0 radical (unpaired) electrons. The van der Waals surface area contributed by atoms with Crippen LogP contribution >= 0.6 is 22.9 Å². The average molecular weight is 516 g/mol. The highest BCUT2D eigenvalue weighted by molar-refractivity contribution is 7.20. The van der Waals surface area contributed by atoms with E-state index in [2.05, 4.69) is 25.8 Å². The van der Waals surface area contributed by atoms with E-state index in [0.717, 1.165) is 36.3 Å². The van der Waals surface area contributed by atoms with E-state index >= 15 is 0 Å². The molecule has 3 heterocycles. The molecule has 0 aliphatic carbocycles. The topological polar surface area (TPSA) is 106 Å². The van der Waals surface area contributed by atoms with Gasteiger partial charge in [-0.05, 0) is 42.5 Å². The molecule has 1 saturated heterocycles. The van der Waals surface area contributed by atoms with E-state index in [-0.39, 0.29) is 17.7 Å². The fourth-order valence-electron chi connectivity index (χ4n) is 4.25. The second-order valence-electron chi connectivity index (χ2n) is 9.74. The van der Waals surface area contributed by atoms with Gasteiger partial charge in [-0.3, -0.25) is 14.4 Å². The number of amides is 3. The van der Waals surface area contributed by atoms with E-state index in [4.69, 9.17) is 11.6 Å². The largest absolute Gasteiger partial charge is 0.369 e. The number of aromatic amines is 1. The van der Waals surface area contributed by atoms with Gasteiger partial charge in [0.05, 0.1) is 31.5 Å². The molecule has 186 valence electrons. The molecule has 8 nitrogen and oxygen atoms in total. The molecule has 4 N–H and O–H groups in total. The van der Waals surface area contributed by atoms with Crippen molar-refractivity contribution < 1.29 is 14.4 Å². The van der Waals surface area contributed by atoms with E-state index in [1.54, 1.807) is 19.2 Å². The second kappa shape index (κ2) is 9.91. The van der Waals surface area contributed by atoms with Gasteiger partial charge in [0.2, 0.25) is 5.91 Å². The Kier molecular flexibility index (Phi) is 7.10. The third-order valence-corrected chi connectivity index (χ3v) is 7.47. The molecular weight excluding hydrogens is 486 g/mol. The number of nitrogens with one attached hydrogen (secondary N) is 4. The summed E-state index contributed by atoms with van der Waals surface area (Å²) in [7, 11) is 1.54. The number of carbonyl (C=O) groups excluding carboxylic acids is 3. The number of carbonyl (C=O) groups is 3. The summed E-state index contributed by atoms with van der Waals surface area (Å²) in [6.07, 6.45) is 2.20. The van der Waals surface area contributed by atoms with Crippen LogP contribution in [-0.2, 0) is 4.79 Å². The first-order chi connectivity index (χ1) is 16.6. The van der Waals surface area contributed by atoms with Crippen LogP contribution < -0.4 is 20.9 Å². The van der Waals surface area contributed by atoms with E-state index in [9.17, 15) is 14.4 Å². The zero-order chi connectivity index (χ0) is 25.3. The standard InChI is InChI=1S/C25H30ClN5O3S/c1-25(2,3)21(24(34)27-4)30-22(32)17-13-18-16(28-17)12-19(35-18)23(33)29-15-9-7-8-14(26)20(15)31-10-5-6-11-31/h7-9,12-13,21,28H,5-6,10-11H2,1-4H3,(H,27,34)(H,29,33)(H,30,32)/t21-/m0/s1. The maximum atomic E-state index is 13.0. The van der Waals surface area contributed by atoms with Gasteiger partial charge in [0.25, 0.3) is 11.8 Å². The highest BCUT2D eigenvalue weighted by Gasteiger charge is 2.32. The molecule has 1 aliphatic heterocycles. The number of thiophene rings is 1. The highest BCUT2D eigenvalue weighted by atomic mass is 35.5. The zero-order valence-electron chi connectivity index (χ0n) is 20.3. The Morgan fingerprint density at radius 3 is 2.46 bits per heavy atom. The number of rotatable bonds is 6. The fourth-order valence-corrected chi connectivity index (χ4v) is 5.50. The minimum Gasteiger partial charge on any atom is -0.369 e. The maximum absolute atomic E-state index is 13.0. The second-order valence-corrected chi connectivity index (χ2v) is 11.2. The van der Waals surface area contributed by atoms with Crippen LogP contribution in [0.5, 0.6) is 0 Å². The van der Waals surface area contributed by atoms with Crippen LogP contribution in [0.1, 0.15) is 53.8 Å². The van der Waals surface area contributed by atoms with Gasteiger partial charge in [0.15, 0.2) is 0 Å². The van der Waals surface area contributed by atoms with Crippen LogP contribution in [0.15, 0.2) is 30.3 Å². The Bertz CT molecular complexity index is 1240. The van der Waals surface area contributed by atoms with Crippen LogP contribution in [0, 0.1) is 5.41 Å². The van der Waals surface area contributed by atoms with E-state index in [0.29, 0.717) is 26.8 Å². The summed E-state index contributed by atoms with van der Waals surface area (Å²) in [4.78, 5) is 43.9. The van der Waals surface area contributed by atoms with Gasteiger partial charge < -0.3 is 25.8 Å². The lowest BCUT2D eigenvalue weighted by Crippen LogP contribution is -2.52. The Balaban J connectivity index is 1.51. The number of anilines is 2. The Morgan fingerprint density at radius 2 is 1.83 bits per heavy atom. The molecule has 35 heavy (non-hydrogen) atoms. The van der Waals surface area contributed by atoms with Crippen molar-refractivity contribution in [2.24, 2.45) is 5.41 Å². The normalized spacial score (nSPS) is 14.7. The summed E-state index contributed by atoms with van der Waals surface area (Å²) >= 11 is 7.76. The van der Waals surface area contributed by atoms with Crippen molar-refractivity contribution >= 4 is 62.3 Å². The van der Waals surface area contributed by atoms with Crippen molar-refractivity contribution in [3.8, 4) is 0 Å². The summed E-state index contributed by atoms with van der Waals surface area (Å²) < 4.78 is 0.776. The van der Waals surface area contributed by atoms with E-state index in [1.807, 2.05) is 39.0 Å². The predicted octanol–water partition coefficient (Wildman–Crippen LogP) is 4.63. The average Bonchev–Trinajstić information content (AvgIpc) is 3.52. The van der Waals surface area contributed by atoms with Crippen LogP contribution in [0.4, 0.5) is 11.4 Å². The maximum Gasteiger partial charge on any atom is 0.268 e. The van der Waals surface area contributed by atoms with Crippen molar-refractivity contribution in [3.63, 3.8) is 0 Å². The SMILES string of the molecule is CNC(=O)[C@H](NC(=O)c1cc2sc(C(=O)Nc3cccc(Cl)c3N3CCCC3)cc2[nH]1)C(C)(C)C. The van der Waals surface area contributed by atoms with Crippen LogP contribution in [0.3, 0.4) is 0 Å². The van der Waals surface area contributed by atoms with Crippen LogP contribution in [0.2, 0.25) is 5.02 Å². The first-order valence-electron chi connectivity index (χ1n) is 11.6. The summed E-state index contributed by atoms with van der Waals surface area (Å²) in [5.41, 5.74) is 2.10. The molecule has 0 spiro atoms. The lowest BCUT2D eigenvalue weighted by atomic mass is 9.86. The Hall–Kier alpha value is -3.04. The van der Waals surface area contributed by atoms with E-state index < -0.39 is 11.5 Å². The molecule has 0 unspecified atom stereocenters. The Morgan fingerprint density at radius 1 is 1.11 bits per heavy atom. The number of likely N-dealkylation sites (N-methyl/N-ethyl adjacent to an activating group) is 1. The lowest BCUT2D eigenvalue weighted by molar-refractivity contribution is -0.124. The number of nitrogens with zero attached hydrogens (tertiary/aromatic N) is 1. The van der Waals surface area contributed by atoms with Crippen LogP contribution in [0.25, 0.3) is 10.2 Å². The number of benzene rings is 1. The smallest absolute Gasteiger partial charge is 0.268 e. The number of aromatic nitrogens is 1. The monoisotopic (exact) mass is 515 g/mol. The van der Waals surface area contributed by atoms with Gasteiger partial charge in [0.1, 0.15) is 11.7 Å². The number of para-hydroxylation sites is 1. The van der Waals surface area contributed by atoms with Crippen molar-refractivity contribution in [2.45, 2.75) is 39.7 Å². The quantitative estimate of drug-likeness (QED) is 0.384. The molecule has 1 aromatic carbocycles. The van der Waals surface area contributed by atoms with Crippen molar-refractivity contribution in [3.05, 3.63) is 45.9 Å². The van der Waals surface area contributed by atoms with Gasteiger partial charge in [-0.25, -0.2) is 0 Å². The molecular formula is C25H30ClN5O3S. The molecule has 4 rings (SSSR count). The number of hydrogen-bond acceptors (Lipinski definition) is 5. The first-order valence-corrected chi connectivity index (χ1v) is 12.8. The molecule has 1 fully saturated rings. The minimum atomic E-state index is -0.690. The van der Waals surface area contributed by atoms with Gasteiger partial charge in [-0.2, -0.15) is 0 Å².